The maximum absolute atomic E-state index is 6.94. The summed E-state index contributed by atoms with van der Waals surface area (Å²) < 4.78 is 20.3. The Labute approximate surface area is 243 Å². The molecule has 4 rings (SSSR count). The van der Waals surface area contributed by atoms with Crippen molar-refractivity contribution in [3.63, 3.8) is 0 Å². The summed E-state index contributed by atoms with van der Waals surface area (Å²) in [4.78, 5) is 14.0. The molecule has 1 fully saturated rings. The van der Waals surface area contributed by atoms with Gasteiger partial charge < -0.3 is 13.6 Å². The molecule has 1 aliphatic heterocycles. The second-order valence-electron chi connectivity index (χ2n) is 14.0. The van der Waals surface area contributed by atoms with Crippen LogP contribution in [0.15, 0.2) is 60.9 Å². The van der Waals surface area contributed by atoms with E-state index in [9.17, 15) is 0 Å². The van der Waals surface area contributed by atoms with Crippen LogP contribution in [0.4, 0.5) is 0 Å². The third kappa shape index (κ3) is 6.97. The summed E-state index contributed by atoms with van der Waals surface area (Å²) >= 11 is 0. The van der Waals surface area contributed by atoms with E-state index < -0.39 is 16.6 Å². The van der Waals surface area contributed by atoms with Crippen LogP contribution in [0.25, 0.3) is 22.8 Å². The Hall–Kier alpha value is -2.24. The van der Waals surface area contributed by atoms with E-state index in [0.29, 0.717) is 6.61 Å². The van der Waals surface area contributed by atoms with Crippen LogP contribution in [-0.2, 0) is 13.6 Å². The average molecular weight is 578 g/mol. The molecule has 0 spiro atoms. The molecule has 6 nitrogen and oxygen atoms in total. The smallest absolute Gasteiger partial charge is 0.192 e. The molecule has 0 saturated carbocycles. The Morgan fingerprint density at radius 1 is 0.775 bits per heavy atom. The maximum Gasteiger partial charge on any atom is 0.192 e. The van der Waals surface area contributed by atoms with Gasteiger partial charge in [0.25, 0.3) is 0 Å². The Kier molecular flexibility index (Phi) is 8.88. The zero-order chi connectivity index (χ0) is 29.3. The van der Waals surface area contributed by atoms with Gasteiger partial charge in [-0.1, -0.05) is 59.7 Å². The third-order valence-corrected chi connectivity index (χ3v) is 18.0. The van der Waals surface area contributed by atoms with Crippen molar-refractivity contribution in [3.8, 4) is 22.8 Å². The molecule has 0 amide bonds. The molecule has 216 valence electrons. The number of ether oxygens (including phenoxy) is 1. The molecule has 3 atom stereocenters. The van der Waals surface area contributed by atoms with E-state index in [1.807, 2.05) is 48.7 Å². The highest BCUT2D eigenvalue weighted by Gasteiger charge is 2.46. The highest BCUT2D eigenvalue weighted by Crippen LogP contribution is 2.43. The molecule has 8 heteroatoms. The van der Waals surface area contributed by atoms with E-state index in [4.69, 9.17) is 23.6 Å². The van der Waals surface area contributed by atoms with Crippen LogP contribution in [-0.4, -0.2) is 50.4 Å². The first kappa shape index (κ1) is 30.7. The summed E-state index contributed by atoms with van der Waals surface area (Å²) in [6.45, 7) is 23.4. The number of rotatable bonds is 8. The lowest BCUT2D eigenvalue weighted by Crippen LogP contribution is -2.48. The molecule has 0 aliphatic carbocycles. The van der Waals surface area contributed by atoms with Crippen molar-refractivity contribution in [2.24, 2.45) is 0 Å². The minimum Gasteiger partial charge on any atom is -0.414 e. The van der Waals surface area contributed by atoms with E-state index in [1.54, 1.807) is 6.20 Å². The molecule has 3 aromatic heterocycles. The van der Waals surface area contributed by atoms with Gasteiger partial charge in [-0.05, 0) is 72.2 Å². The molecule has 40 heavy (non-hydrogen) atoms. The number of hydrogen-bond acceptors (Lipinski definition) is 6. The van der Waals surface area contributed by atoms with Gasteiger partial charge in [0, 0.05) is 18.8 Å². The van der Waals surface area contributed by atoms with Crippen LogP contribution in [0, 0.1) is 0 Å². The molecule has 0 radical (unpaired) electrons. The van der Waals surface area contributed by atoms with Gasteiger partial charge >= 0.3 is 0 Å². The van der Waals surface area contributed by atoms with Crippen LogP contribution >= 0.6 is 0 Å². The topological polar surface area (TPSA) is 66.4 Å². The zero-order valence-electron chi connectivity index (χ0n) is 26.0. The zero-order valence-corrected chi connectivity index (χ0v) is 28.0. The predicted octanol–water partition coefficient (Wildman–Crippen LogP) is 8.45. The summed E-state index contributed by atoms with van der Waals surface area (Å²) in [5.41, 5.74) is 4.38. The number of aromatic nitrogens is 3. The fourth-order valence-electron chi connectivity index (χ4n) is 4.25. The second kappa shape index (κ2) is 11.6. The van der Waals surface area contributed by atoms with Crippen LogP contribution in [0.2, 0.25) is 36.3 Å². The van der Waals surface area contributed by atoms with Crippen molar-refractivity contribution < 1.29 is 13.6 Å². The van der Waals surface area contributed by atoms with E-state index in [-0.39, 0.29) is 28.4 Å². The highest BCUT2D eigenvalue weighted by atomic mass is 28.4. The predicted molar refractivity (Wildman–Crippen MR) is 168 cm³/mol. The summed E-state index contributed by atoms with van der Waals surface area (Å²) in [7, 11) is -3.91. The van der Waals surface area contributed by atoms with Crippen molar-refractivity contribution >= 4 is 16.6 Å². The third-order valence-electron chi connectivity index (χ3n) is 8.96. The summed E-state index contributed by atoms with van der Waals surface area (Å²) in [6, 6.07) is 15.9. The Balaban J connectivity index is 1.53. The molecule has 1 aliphatic rings. The Morgan fingerprint density at radius 2 is 1.40 bits per heavy atom. The summed E-state index contributed by atoms with van der Waals surface area (Å²) in [6.07, 6.45) is 4.31. The van der Waals surface area contributed by atoms with E-state index in [2.05, 4.69) is 78.8 Å². The average Bonchev–Trinajstić information content (AvgIpc) is 3.29. The second-order valence-corrected chi connectivity index (χ2v) is 23.6. The minimum absolute atomic E-state index is 0.00735. The molecule has 0 N–H and O–H groups in total. The van der Waals surface area contributed by atoms with Gasteiger partial charge in [-0.15, -0.1) is 0 Å². The lowest BCUT2D eigenvalue weighted by molar-refractivity contribution is -0.0165. The first-order valence-corrected chi connectivity index (χ1v) is 20.2. The van der Waals surface area contributed by atoms with E-state index in [1.165, 1.54) is 0 Å². The normalized spacial score (nSPS) is 20.6. The van der Waals surface area contributed by atoms with Gasteiger partial charge in [-0.2, -0.15) is 0 Å². The highest BCUT2D eigenvalue weighted by molar-refractivity contribution is 6.74. The van der Waals surface area contributed by atoms with Gasteiger partial charge in [0.15, 0.2) is 16.6 Å². The maximum atomic E-state index is 6.94. The molecular weight excluding hydrogens is 531 g/mol. The van der Waals surface area contributed by atoms with Crippen LogP contribution in [0.5, 0.6) is 0 Å². The lowest BCUT2D eigenvalue weighted by atomic mass is 10.1. The lowest BCUT2D eigenvalue weighted by Gasteiger charge is -2.40. The number of hydrogen-bond donors (Lipinski definition) is 0. The van der Waals surface area contributed by atoms with Crippen LogP contribution < -0.4 is 0 Å². The fraction of sp³-hybridized carbons (Fsp3) is 0.531. The molecule has 3 aromatic rings. The van der Waals surface area contributed by atoms with Gasteiger partial charge in [0.2, 0.25) is 0 Å². The Bertz CT molecular complexity index is 1270. The fourth-order valence-corrected chi connectivity index (χ4v) is 6.62. The summed E-state index contributed by atoms with van der Waals surface area (Å²) in [5, 5.41) is 0.262. The van der Waals surface area contributed by atoms with Crippen molar-refractivity contribution in [2.75, 3.05) is 6.61 Å². The van der Waals surface area contributed by atoms with E-state index >= 15 is 0 Å². The molecule has 1 saturated heterocycles. The van der Waals surface area contributed by atoms with Gasteiger partial charge in [0.05, 0.1) is 41.6 Å². The number of nitrogens with zero attached hydrogens (tertiary/aromatic N) is 3. The number of pyridine rings is 3. The van der Waals surface area contributed by atoms with Gasteiger partial charge in [-0.25, -0.2) is 4.98 Å². The van der Waals surface area contributed by atoms with E-state index in [0.717, 1.165) is 34.8 Å². The largest absolute Gasteiger partial charge is 0.414 e. The van der Waals surface area contributed by atoms with Crippen molar-refractivity contribution in [1.29, 1.82) is 0 Å². The first-order chi connectivity index (χ1) is 18.6. The van der Waals surface area contributed by atoms with Crippen LogP contribution in [0.1, 0.15) is 59.6 Å². The molecule has 0 bridgehead atoms. The minimum atomic E-state index is -1.99. The van der Waals surface area contributed by atoms with Crippen LogP contribution in [0.3, 0.4) is 0 Å². The van der Waals surface area contributed by atoms with Gasteiger partial charge in [0.1, 0.15) is 6.10 Å². The van der Waals surface area contributed by atoms with Crippen molar-refractivity contribution in [2.45, 2.75) is 103 Å². The SMILES string of the molecule is CC(C)(C)[Si](C)(C)OC[C@H]1O[C@@H](c2ccc(-c3cccc(-c4ccccn4)n3)nc2)C[C@@H]1O[Si](C)(C)C(C)(C)C. The molecule has 4 heterocycles. The Morgan fingerprint density at radius 3 is 1.95 bits per heavy atom. The molecular formula is C32H47N3O3Si2. The molecule has 0 unspecified atom stereocenters. The quantitative estimate of drug-likeness (QED) is 0.250. The van der Waals surface area contributed by atoms with Crippen molar-refractivity contribution in [1.82, 2.24) is 15.0 Å². The first-order valence-electron chi connectivity index (χ1n) is 14.4. The summed E-state index contributed by atoms with van der Waals surface area (Å²) in [5.74, 6) is 0. The standard InChI is InChI=1S/C32H47N3O3Si2/c1-31(2,3)39(7,8)36-22-30-29(38-40(9,10)32(4,5)6)20-28(37-30)23-17-18-25(34-21-23)27-16-13-15-26(35-27)24-14-11-12-19-33-24/h11-19,21,28-30H,20,22H2,1-10H3/t28-,29+,30-/m1/s1. The van der Waals surface area contributed by atoms with Gasteiger partial charge in [-0.3, -0.25) is 9.97 Å². The van der Waals surface area contributed by atoms with Crippen molar-refractivity contribution in [3.05, 3.63) is 66.5 Å². The molecule has 0 aromatic carbocycles. The monoisotopic (exact) mass is 577 g/mol.